The Balaban J connectivity index is 2.32. The van der Waals surface area contributed by atoms with Gasteiger partial charge in [0.15, 0.2) is 0 Å². The first-order valence-electron chi connectivity index (χ1n) is 5.79. The van der Waals surface area contributed by atoms with Crippen molar-refractivity contribution >= 4 is 33.4 Å². The van der Waals surface area contributed by atoms with Crippen LogP contribution in [0, 0.1) is 6.92 Å². The van der Waals surface area contributed by atoms with Crippen LogP contribution in [0.4, 0.5) is 5.69 Å². The molecule has 1 aromatic carbocycles. The van der Waals surface area contributed by atoms with Crippen molar-refractivity contribution in [2.24, 2.45) is 0 Å². The molecule has 1 amide bonds. The van der Waals surface area contributed by atoms with Crippen LogP contribution in [-0.4, -0.2) is 15.9 Å². The number of fused-ring (bicyclic) bond motifs is 3. The van der Waals surface area contributed by atoms with Crippen molar-refractivity contribution in [2.75, 3.05) is 5.32 Å². The Hall–Kier alpha value is -2.36. The first kappa shape index (κ1) is 10.8. The number of aromatic nitrogens is 2. The molecule has 0 saturated carbocycles. The number of rotatable bonds is 1. The van der Waals surface area contributed by atoms with E-state index in [1.165, 1.54) is 6.92 Å². The molecule has 18 heavy (non-hydrogen) atoms. The van der Waals surface area contributed by atoms with Crippen LogP contribution in [-0.2, 0) is 4.79 Å². The van der Waals surface area contributed by atoms with Crippen molar-refractivity contribution in [3.8, 4) is 0 Å². The van der Waals surface area contributed by atoms with Gasteiger partial charge in [0.05, 0.1) is 5.52 Å². The molecule has 0 fully saturated rings. The Bertz CT molecular complexity index is 758. The second-order valence-corrected chi connectivity index (χ2v) is 4.39. The number of nitrogens with one attached hydrogen (secondary N) is 2. The van der Waals surface area contributed by atoms with Gasteiger partial charge in [-0.3, -0.25) is 9.78 Å². The monoisotopic (exact) mass is 239 g/mol. The van der Waals surface area contributed by atoms with Crippen LogP contribution in [0.5, 0.6) is 0 Å². The van der Waals surface area contributed by atoms with E-state index < -0.39 is 0 Å². The number of anilines is 1. The maximum Gasteiger partial charge on any atom is 0.221 e. The summed E-state index contributed by atoms with van der Waals surface area (Å²) in [6.45, 7) is 3.51. The molecule has 0 unspecified atom stereocenters. The summed E-state index contributed by atoms with van der Waals surface area (Å²) in [5.41, 5.74) is 3.99. The van der Waals surface area contributed by atoms with Gasteiger partial charge >= 0.3 is 0 Å². The van der Waals surface area contributed by atoms with E-state index in [9.17, 15) is 4.79 Å². The average Bonchev–Trinajstić information content (AvgIpc) is 2.72. The zero-order valence-corrected chi connectivity index (χ0v) is 10.2. The molecule has 2 aromatic heterocycles. The van der Waals surface area contributed by atoms with E-state index >= 15 is 0 Å². The third kappa shape index (κ3) is 1.54. The van der Waals surface area contributed by atoms with Gasteiger partial charge in [-0.1, -0.05) is 6.07 Å². The van der Waals surface area contributed by atoms with Crippen LogP contribution in [0.25, 0.3) is 21.8 Å². The molecule has 90 valence electrons. The molecule has 0 bridgehead atoms. The molecule has 4 heteroatoms. The summed E-state index contributed by atoms with van der Waals surface area (Å²) in [5, 5.41) is 5.07. The lowest BCUT2D eigenvalue weighted by Gasteiger charge is -2.06. The number of H-pyrrole nitrogens is 1. The van der Waals surface area contributed by atoms with Crippen LogP contribution in [0.3, 0.4) is 0 Å². The lowest BCUT2D eigenvalue weighted by molar-refractivity contribution is -0.114. The van der Waals surface area contributed by atoms with Crippen LogP contribution in [0.2, 0.25) is 0 Å². The molecule has 3 aromatic rings. The highest BCUT2D eigenvalue weighted by Gasteiger charge is 2.09. The number of carbonyl (C=O) groups is 1. The summed E-state index contributed by atoms with van der Waals surface area (Å²) in [6, 6.07) is 5.89. The molecule has 4 nitrogen and oxygen atoms in total. The number of nitrogens with zero attached hydrogens (tertiary/aromatic N) is 1. The largest absolute Gasteiger partial charge is 0.354 e. The number of pyridine rings is 1. The number of aromatic amines is 1. The molecule has 0 atom stereocenters. The number of benzene rings is 1. The van der Waals surface area contributed by atoms with Gasteiger partial charge in [-0.25, -0.2) is 0 Å². The zero-order chi connectivity index (χ0) is 12.7. The molecular formula is C14H13N3O. The minimum Gasteiger partial charge on any atom is -0.354 e. The lowest BCUT2D eigenvalue weighted by Crippen LogP contribution is -2.07. The van der Waals surface area contributed by atoms with Crippen molar-refractivity contribution in [2.45, 2.75) is 13.8 Å². The quantitative estimate of drug-likeness (QED) is 0.685. The van der Waals surface area contributed by atoms with Crippen LogP contribution < -0.4 is 5.32 Å². The highest BCUT2D eigenvalue weighted by molar-refractivity contribution is 6.09. The minimum atomic E-state index is -0.0600. The number of aryl methyl sites for hydroxylation is 1. The fraction of sp³-hybridized carbons (Fsp3) is 0.143. The summed E-state index contributed by atoms with van der Waals surface area (Å²) in [5.74, 6) is -0.0600. The van der Waals surface area contributed by atoms with Crippen molar-refractivity contribution < 1.29 is 4.79 Å². The molecule has 0 radical (unpaired) electrons. The van der Waals surface area contributed by atoms with Gasteiger partial charge in [0.2, 0.25) is 5.91 Å². The van der Waals surface area contributed by atoms with E-state index in [-0.39, 0.29) is 5.91 Å². The van der Waals surface area contributed by atoms with Gasteiger partial charge in [-0.2, -0.15) is 0 Å². The normalized spacial score (nSPS) is 11.0. The Kier molecular flexibility index (Phi) is 2.30. The zero-order valence-electron chi connectivity index (χ0n) is 10.2. The third-order valence-corrected chi connectivity index (χ3v) is 3.15. The summed E-state index contributed by atoms with van der Waals surface area (Å²) in [6.07, 6.45) is 3.62. The summed E-state index contributed by atoms with van der Waals surface area (Å²) >= 11 is 0. The van der Waals surface area contributed by atoms with Crippen molar-refractivity contribution in [1.29, 1.82) is 0 Å². The van der Waals surface area contributed by atoms with Crippen molar-refractivity contribution in [1.82, 2.24) is 9.97 Å². The molecule has 0 aliphatic heterocycles. The number of hydrogen-bond acceptors (Lipinski definition) is 2. The lowest BCUT2D eigenvalue weighted by atomic mass is 10.1. The van der Waals surface area contributed by atoms with Gasteiger partial charge in [0, 0.05) is 41.3 Å². The molecule has 3 rings (SSSR count). The predicted octanol–water partition coefficient (Wildman–Crippen LogP) is 2.98. The summed E-state index contributed by atoms with van der Waals surface area (Å²) < 4.78 is 0. The molecule has 0 aliphatic rings. The smallest absolute Gasteiger partial charge is 0.221 e. The second-order valence-electron chi connectivity index (χ2n) is 4.39. The molecule has 0 aliphatic carbocycles. The van der Waals surface area contributed by atoms with E-state index in [2.05, 4.69) is 15.3 Å². The van der Waals surface area contributed by atoms with Gasteiger partial charge in [0.25, 0.3) is 0 Å². The summed E-state index contributed by atoms with van der Waals surface area (Å²) in [7, 11) is 0. The van der Waals surface area contributed by atoms with E-state index in [0.717, 1.165) is 33.1 Å². The predicted molar refractivity (Wildman–Crippen MR) is 72.6 cm³/mol. The Morgan fingerprint density at radius 2 is 2.11 bits per heavy atom. The fourth-order valence-electron chi connectivity index (χ4n) is 2.28. The number of carbonyl (C=O) groups excluding carboxylic acids is 1. The van der Waals surface area contributed by atoms with Crippen molar-refractivity contribution in [3.63, 3.8) is 0 Å². The topological polar surface area (TPSA) is 57.8 Å². The highest BCUT2D eigenvalue weighted by atomic mass is 16.1. The maximum atomic E-state index is 11.1. The van der Waals surface area contributed by atoms with Crippen LogP contribution in [0.15, 0.2) is 30.6 Å². The Labute approximate surface area is 104 Å². The SMILES string of the molecule is CC(=O)Nc1ccc2c([nH]c3ccncc32)c1C. The van der Waals surface area contributed by atoms with E-state index in [4.69, 9.17) is 0 Å². The van der Waals surface area contributed by atoms with E-state index in [1.807, 2.05) is 31.3 Å². The first-order chi connectivity index (χ1) is 8.66. The molecule has 0 spiro atoms. The molecule has 2 heterocycles. The number of amides is 1. The van der Waals surface area contributed by atoms with Gasteiger partial charge in [-0.15, -0.1) is 0 Å². The highest BCUT2D eigenvalue weighted by Crippen LogP contribution is 2.30. The van der Waals surface area contributed by atoms with Gasteiger partial charge < -0.3 is 10.3 Å². The van der Waals surface area contributed by atoms with Crippen LogP contribution >= 0.6 is 0 Å². The maximum absolute atomic E-state index is 11.1. The second kappa shape index (κ2) is 3.84. The standard InChI is InChI=1S/C14H13N3O/c1-8-12(16-9(2)18)4-3-10-11-7-15-6-5-13(11)17-14(8)10/h3-7,17H,1-2H3,(H,16,18). The average molecular weight is 239 g/mol. The minimum absolute atomic E-state index is 0.0600. The fourth-order valence-corrected chi connectivity index (χ4v) is 2.28. The molecule has 0 saturated heterocycles. The van der Waals surface area contributed by atoms with E-state index in [1.54, 1.807) is 6.20 Å². The van der Waals surface area contributed by atoms with Gasteiger partial charge in [-0.05, 0) is 24.6 Å². The van der Waals surface area contributed by atoms with Crippen LogP contribution in [0.1, 0.15) is 12.5 Å². The van der Waals surface area contributed by atoms with Crippen molar-refractivity contribution in [3.05, 3.63) is 36.2 Å². The summed E-state index contributed by atoms with van der Waals surface area (Å²) in [4.78, 5) is 18.7. The molecule has 2 N–H and O–H groups in total. The Morgan fingerprint density at radius 1 is 1.28 bits per heavy atom. The third-order valence-electron chi connectivity index (χ3n) is 3.15. The molecular weight excluding hydrogens is 226 g/mol. The number of hydrogen-bond donors (Lipinski definition) is 2. The van der Waals surface area contributed by atoms with E-state index in [0.29, 0.717) is 0 Å². The Morgan fingerprint density at radius 3 is 2.89 bits per heavy atom. The first-order valence-corrected chi connectivity index (χ1v) is 5.79. The van der Waals surface area contributed by atoms with Gasteiger partial charge in [0.1, 0.15) is 0 Å².